The number of halogens is 1. The predicted octanol–water partition coefficient (Wildman–Crippen LogP) is 2.95. The lowest BCUT2D eigenvalue weighted by Crippen LogP contribution is -2.48. The van der Waals surface area contributed by atoms with Crippen LogP contribution in [0.3, 0.4) is 0 Å². The van der Waals surface area contributed by atoms with Crippen molar-refractivity contribution in [1.82, 2.24) is 14.3 Å². The van der Waals surface area contributed by atoms with Crippen molar-refractivity contribution in [3.05, 3.63) is 47.9 Å². The third-order valence-electron chi connectivity index (χ3n) is 5.04. The molecule has 1 aliphatic carbocycles. The zero-order valence-corrected chi connectivity index (χ0v) is 15.9. The Labute approximate surface area is 158 Å². The third kappa shape index (κ3) is 3.56. The van der Waals surface area contributed by atoms with E-state index in [1.807, 2.05) is 6.07 Å². The van der Waals surface area contributed by atoms with Gasteiger partial charge in [-0.05, 0) is 56.0 Å². The number of rotatable bonds is 5. The van der Waals surface area contributed by atoms with Crippen LogP contribution in [0.25, 0.3) is 0 Å². The van der Waals surface area contributed by atoms with Gasteiger partial charge in [-0.2, -0.15) is 4.31 Å². The van der Waals surface area contributed by atoms with Gasteiger partial charge in [-0.15, -0.1) is 0 Å². The maximum atomic E-state index is 12.8. The highest BCUT2D eigenvalue weighted by molar-refractivity contribution is 7.89. The summed E-state index contributed by atoms with van der Waals surface area (Å²) in [4.78, 5) is 11.1. The zero-order valence-electron chi connectivity index (χ0n) is 14.3. The first-order valence-corrected chi connectivity index (χ1v) is 10.7. The lowest BCUT2D eigenvalue weighted by atomic mass is 10.0. The van der Waals surface area contributed by atoms with Gasteiger partial charge in [0.15, 0.2) is 0 Å². The van der Waals surface area contributed by atoms with Crippen LogP contribution in [0, 0.1) is 0 Å². The van der Waals surface area contributed by atoms with E-state index in [2.05, 4.69) is 14.9 Å². The number of piperidine rings is 1. The van der Waals surface area contributed by atoms with E-state index in [0.717, 1.165) is 18.7 Å². The maximum absolute atomic E-state index is 12.8. The summed E-state index contributed by atoms with van der Waals surface area (Å²) in [5, 5.41) is 0.535. The molecule has 4 rings (SSSR count). The van der Waals surface area contributed by atoms with Gasteiger partial charge < -0.3 is 4.90 Å². The molecule has 2 heterocycles. The van der Waals surface area contributed by atoms with Crippen molar-refractivity contribution in [2.45, 2.75) is 42.7 Å². The monoisotopic (exact) mass is 392 g/mol. The molecule has 2 aromatic rings. The van der Waals surface area contributed by atoms with Crippen LogP contribution in [0.15, 0.2) is 47.8 Å². The fourth-order valence-electron chi connectivity index (χ4n) is 3.58. The van der Waals surface area contributed by atoms with Crippen LogP contribution in [0.1, 0.15) is 25.7 Å². The maximum Gasteiger partial charge on any atom is 0.243 e. The van der Waals surface area contributed by atoms with Gasteiger partial charge in [0, 0.05) is 36.4 Å². The highest BCUT2D eigenvalue weighted by Crippen LogP contribution is 2.35. The second-order valence-corrected chi connectivity index (χ2v) is 9.17. The van der Waals surface area contributed by atoms with Crippen molar-refractivity contribution in [1.29, 1.82) is 0 Å². The van der Waals surface area contributed by atoms with Gasteiger partial charge in [-0.1, -0.05) is 11.6 Å². The summed E-state index contributed by atoms with van der Waals surface area (Å²) in [6.45, 7) is 1.04. The summed E-state index contributed by atoms with van der Waals surface area (Å²) in [6.07, 6.45) is 7.28. The van der Waals surface area contributed by atoms with Crippen molar-refractivity contribution < 1.29 is 8.42 Å². The van der Waals surface area contributed by atoms with Gasteiger partial charge in [0.2, 0.25) is 10.0 Å². The summed E-state index contributed by atoms with van der Waals surface area (Å²) in [5.41, 5.74) is 0. The third-order valence-corrected chi connectivity index (χ3v) is 7.20. The zero-order chi connectivity index (χ0) is 18.1. The molecule has 8 heteroatoms. The summed E-state index contributed by atoms with van der Waals surface area (Å²) >= 11 is 5.87. The normalized spacial score (nSPS) is 19.4. The Hall–Kier alpha value is -1.70. The van der Waals surface area contributed by atoms with E-state index in [4.69, 9.17) is 11.6 Å². The van der Waals surface area contributed by atoms with Gasteiger partial charge in [0.05, 0.1) is 4.90 Å². The van der Waals surface area contributed by atoms with Crippen molar-refractivity contribution in [3.8, 4) is 0 Å². The largest absolute Gasteiger partial charge is 0.350 e. The molecular weight excluding hydrogens is 372 g/mol. The van der Waals surface area contributed by atoms with E-state index < -0.39 is 10.0 Å². The van der Waals surface area contributed by atoms with E-state index >= 15 is 0 Å². The van der Waals surface area contributed by atoms with Crippen molar-refractivity contribution in [3.63, 3.8) is 0 Å². The molecule has 1 saturated heterocycles. The van der Waals surface area contributed by atoms with Crippen molar-refractivity contribution in [2.75, 3.05) is 18.0 Å². The molecule has 138 valence electrons. The van der Waals surface area contributed by atoms with Crippen LogP contribution < -0.4 is 4.90 Å². The van der Waals surface area contributed by atoms with Crippen LogP contribution in [0.2, 0.25) is 5.02 Å². The van der Waals surface area contributed by atoms with Gasteiger partial charge in [0.25, 0.3) is 0 Å². The molecule has 0 N–H and O–H groups in total. The predicted molar refractivity (Wildman–Crippen MR) is 101 cm³/mol. The number of anilines is 1. The minimum absolute atomic E-state index is 0.301. The molecule has 1 aromatic heterocycles. The highest BCUT2D eigenvalue weighted by atomic mass is 35.5. The number of sulfonamides is 1. The van der Waals surface area contributed by atoms with Gasteiger partial charge in [-0.25, -0.2) is 18.4 Å². The Bertz CT molecular complexity index is 849. The van der Waals surface area contributed by atoms with Gasteiger partial charge in [0.1, 0.15) is 12.1 Å². The van der Waals surface area contributed by atoms with Crippen LogP contribution in [0.4, 0.5) is 5.82 Å². The second-order valence-electron chi connectivity index (χ2n) is 6.80. The molecule has 1 aliphatic heterocycles. The van der Waals surface area contributed by atoms with Crippen LogP contribution in [0.5, 0.6) is 0 Å². The highest BCUT2D eigenvalue weighted by Gasteiger charge is 2.38. The molecule has 1 aromatic carbocycles. The molecule has 0 spiro atoms. The smallest absolute Gasteiger partial charge is 0.243 e. The topological polar surface area (TPSA) is 66.4 Å². The Balaban J connectivity index is 1.47. The van der Waals surface area contributed by atoms with Crippen molar-refractivity contribution in [2.24, 2.45) is 0 Å². The van der Waals surface area contributed by atoms with Gasteiger partial charge >= 0.3 is 0 Å². The molecule has 0 bridgehead atoms. The molecule has 0 unspecified atom stereocenters. The SMILES string of the molecule is O=S(=O)(c1ccc(Cl)cc1)N1CCC(N(c2ccncn2)C2CC2)CC1. The minimum atomic E-state index is -3.47. The lowest BCUT2D eigenvalue weighted by molar-refractivity contribution is 0.308. The summed E-state index contributed by atoms with van der Waals surface area (Å²) in [7, 11) is -3.47. The number of benzene rings is 1. The molecule has 0 radical (unpaired) electrons. The molecule has 2 fully saturated rings. The molecule has 2 aliphatic rings. The van der Waals surface area contributed by atoms with Crippen molar-refractivity contribution >= 4 is 27.4 Å². The Morgan fingerprint density at radius 3 is 2.23 bits per heavy atom. The summed E-state index contributed by atoms with van der Waals surface area (Å²) < 4.78 is 27.3. The average molecular weight is 393 g/mol. The summed E-state index contributed by atoms with van der Waals surface area (Å²) in [6, 6.07) is 9.15. The Morgan fingerprint density at radius 1 is 1.00 bits per heavy atom. The van der Waals surface area contributed by atoms with E-state index in [1.165, 1.54) is 12.8 Å². The molecular formula is C18H21ClN4O2S. The minimum Gasteiger partial charge on any atom is -0.350 e. The molecule has 0 atom stereocenters. The average Bonchev–Trinajstić information content (AvgIpc) is 3.49. The Kier molecular flexibility index (Phi) is 4.86. The molecule has 6 nitrogen and oxygen atoms in total. The van der Waals surface area contributed by atoms with Crippen LogP contribution in [-0.2, 0) is 10.0 Å². The van der Waals surface area contributed by atoms with Crippen LogP contribution >= 0.6 is 11.6 Å². The molecule has 26 heavy (non-hydrogen) atoms. The number of hydrogen-bond acceptors (Lipinski definition) is 5. The number of hydrogen-bond donors (Lipinski definition) is 0. The van der Waals surface area contributed by atoms with E-state index in [0.29, 0.717) is 35.1 Å². The summed E-state index contributed by atoms with van der Waals surface area (Å²) in [5.74, 6) is 0.946. The molecule has 0 amide bonds. The van der Waals surface area contributed by atoms with E-state index in [-0.39, 0.29) is 0 Å². The molecule has 1 saturated carbocycles. The first kappa shape index (κ1) is 17.7. The van der Waals surface area contributed by atoms with Crippen LogP contribution in [-0.4, -0.2) is 47.9 Å². The quantitative estimate of drug-likeness (QED) is 0.782. The standard InChI is InChI=1S/C18H21ClN4O2S/c19-14-1-5-17(6-2-14)26(24,25)22-11-8-16(9-12-22)23(15-3-4-15)18-7-10-20-13-21-18/h1-2,5-7,10,13,15-16H,3-4,8-9,11-12H2. The van der Waals surface area contributed by atoms with E-state index in [1.54, 1.807) is 41.1 Å². The van der Waals surface area contributed by atoms with E-state index in [9.17, 15) is 8.42 Å². The van der Waals surface area contributed by atoms with Gasteiger partial charge in [-0.3, -0.25) is 0 Å². The second kappa shape index (κ2) is 7.13. The number of nitrogens with zero attached hydrogens (tertiary/aromatic N) is 4. The fraction of sp³-hybridized carbons (Fsp3) is 0.444. The lowest BCUT2D eigenvalue weighted by Gasteiger charge is -2.38. The number of aromatic nitrogens is 2. The fourth-order valence-corrected chi connectivity index (χ4v) is 5.17. The first-order chi connectivity index (χ1) is 12.6. The Morgan fingerprint density at radius 2 is 1.65 bits per heavy atom. The first-order valence-electron chi connectivity index (χ1n) is 8.86.